The highest BCUT2D eigenvalue weighted by Crippen LogP contribution is 2.22. The number of hydrogen-bond acceptors (Lipinski definition) is 7. The van der Waals surface area contributed by atoms with Crippen LogP contribution in [0.4, 0.5) is 5.82 Å². The number of nitrogens with zero attached hydrogens (tertiary/aromatic N) is 3. The minimum absolute atomic E-state index is 0.0577. The summed E-state index contributed by atoms with van der Waals surface area (Å²) in [6.07, 6.45) is 5.48. The highest BCUT2D eigenvalue weighted by molar-refractivity contribution is 5.81. The summed E-state index contributed by atoms with van der Waals surface area (Å²) >= 11 is 0. The molecule has 9 heteroatoms. The van der Waals surface area contributed by atoms with Crippen LogP contribution in [0.15, 0.2) is 58.1 Å². The predicted octanol–water partition coefficient (Wildman–Crippen LogP) is 4.24. The average Bonchev–Trinajstić information content (AvgIpc) is 2.93. The first-order valence-corrected chi connectivity index (χ1v) is 13.3. The number of aromatic amines is 1. The molecule has 2 aromatic heterocycles. The number of unbranched alkanes of at least 4 members (excludes halogenated alkanes) is 3. The molecule has 0 unspecified atom stereocenters. The van der Waals surface area contributed by atoms with Crippen molar-refractivity contribution in [3.63, 3.8) is 0 Å². The number of nitrogens with one attached hydrogen (secondary N) is 2. The van der Waals surface area contributed by atoms with Crippen molar-refractivity contribution in [3.05, 3.63) is 80.4 Å². The van der Waals surface area contributed by atoms with Crippen molar-refractivity contribution < 1.29 is 4.74 Å². The van der Waals surface area contributed by atoms with Crippen LogP contribution < -0.4 is 26.9 Å². The fraction of sp³-hybridized carbons (Fsp3) is 0.379. The molecule has 4 N–H and O–H groups in total. The van der Waals surface area contributed by atoms with Gasteiger partial charge in [-0.3, -0.25) is 14.2 Å². The summed E-state index contributed by atoms with van der Waals surface area (Å²) in [7, 11) is 0. The van der Waals surface area contributed by atoms with Crippen molar-refractivity contribution in [2.24, 2.45) is 0 Å². The van der Waals surface area contributed by atoms with Crippen molar-refractivity contribution >= 4 is 17.0 Å². The van der Waals surface area contributed by atoms with Gasteiger partial charge in [-0.05, 0) is 41.6 Å². The quantitative estimate of drug-likeness (QED) is 0.179. The third-order valence-electron chi connectivity index (χ3n) is 6.43. The second kappa shape index (κ2) is 13.0. The first kappa shape index (κ1) is 27.1. The Kier molecular flexibility index (Phi) is 9.26. The molecule has 38 heavy (non-hydrogen) atoms. The van der Waals surface area contributed by atoms with Gasteiger partial charge in [0, 0.05) is 6.54 Å². The second-order valence-electron chi connectivity index (χ2n) is 9.42. The number of ether oxygens (including phenoxy) is 1. The van der Waals surface area contributed by atoms with E-state index in [1.807, 2.05) is 24.3 Å². The fourth-order valence-electron chi connectivity index (χ4n) is 4.20. The summed E-state index contributed by atoms with van der Waals surface area (Å²) in [5, 5.41) is 3.49. The van der Waals surface area contributed by atoms with Crippen molar-refractivity contribution in [1.82, 2.24) is 24.8 Å². The SMILES string of the molecule is CCCCCNCc1ccc(-c2ccc(Cn3c(=O)c(=O)[nH]c4c(N)nc(OCCCC)nc43)cc2)cc1. The molecule has 0 bridgehead atoms. The van der Waals surface area contributed by atoms with Gasteiger partial charge in [0.15, 0.2) is 11.5 Å². The standard InChI is InChI=1S/C29H36N6O3/c1-3-5-7-16-31-18-20-8-12-22(13-9-20)23-14-10-21(11-15-23)19-35-26-24(32-27(36)28(35)37)25(30)33-29(34-26)38-17-6-4-2/h8-15,31H,3-7,16-19H2,1-2H3,(H,32,36)(H2,30,33,34). The van der Waals surface area contributed by atoms with E-state index in [0.29, 0.717) is 6.61 Å². The normalized spacial score (nSPS) is 11.2. The maximum absolute atomic E-state index is 12.8. The Bertz CT molecular complexity index is 1460. The van der Waals surface area contributed by atoms with Gasteiger partial charge in [-0.1, -0.05) is 81.6 Å². The Morgan fingerprint density at radius 1 is 0.895 bits per heavy atom. The van der Waals surface area contributed by atoms with Crippen LogP contribution >= 0.6 is 0 Å². The van der Waals surface area contributed by atoms with Crippen LogP contribution in [-0.4, -0.2) is 32.7 Å². The summed E-state index contributed by atoms with van der Waals surface area (Å²) < 4.78 is 6.92. The Hall–Kier alpha value is -3.98. The number of aromatic nitrogens is 4. The molecule has 0 saturated carbocycles. The van der Waals surface area contributed by atoms with Crippen LogP contribution in [0, 0.1) is 0 Å². The number of nitrogen functional groups attached to an aromatic ring is 1. The Labute approximate surface area is 222 Å². The van der Waals surface area contributed by atoms with E-state index in [4.69, 9.17) is 10.5 Å². The van der Waals surface area contributed by atoms with Gasteiger partial charge < -0.3 is 20.8 Å². The zero-order valence-corrected chi connectivity index (χ0v) is 22.1. The monoisotopic (exact) mass is 516 g/mol. The first-order chi connectivity index (χ1) is 18.5. The van der Waals surface area contributed by atoms with Crippen molar-refractivity contribution in [1.29, 1.82) is 0 Å². The third kappa shape index (κ3) is 6.66. The third-order valence-corrected chi connectivity index (χ3v) is 6.43. The van der Waals surface area contributed by atoms with Crippen LogP contribution in [0.3, 0.4) is 0 Å². The zero-order chi connectivity index (χ0) is 26.9. The Balaban J connectivity index is 1.52. The molecule has 0 spiro atoms. The van der Waals surface area contributed by atoms with Gasteiger partial charge in [-0.2, -0.15) is 9.97 Å². The molecule has 200 valence electrons. The lowest BCUT2D eigenvalue weighted by atomic mass is 10.0. The van der Waals surface area contributed by atoms with E-state index >= 15 is 0 Å². The van der Waals surface area contributed by atoms with E-state index in [-0.39, 0.29) is 29.5 Å². The Morgan fingerprint density at radius 3 is 2.21 bits per heavy atom. The van der Waals surface area contributed by atoms with E-state index in [1.54, 1.807) is 0 Å². The first-order valence-electron chi connectivity index (χ1n) is 13.3. The largest absolute Gasteiger partial charge is 0.463 e. The lowest BCUT2D eigenvalue weighted by Gasteiger charge is -2.12. The topological polar surface area (TPSA) is 128 Å². The number of anilines is 1. The molecule has 0 aliphatic carbocycles. The molecule has 0 amide bonds. The van der Waals surface area contributed by atoms with Crippen molar-refractivity contribution in [3.8, 4) is 17.1 Å². The molecule has 0 radical (unpaired) electrons. The summed E-state index contributed by atoms with van der Waals surface area (Å²) in [5.41, 5.74) is 9.31. The van der Waals surface area contributed by atoms with Crippen LogP contribution in [0.25, 0.3) is 22.3 Å². The number of rotatable bonds is 13. The number of hydrogen-bond donors (Lipinski definition) is 3. The predicted molar refractivity (Wildman–Crippen MR) is 151 cm³/mol. The van der Waals surface area contributed by atoms with Crippen LogP contribution in [0.1, 0.15) is 57.1 Å². The second-order valence-corrected chi connectivity index (χ2v) is 9.42. The number of nitrogens with two attached hydrogens (primary N) is 1. The molecule has 0 fully saturated rings. The molecule has 0 saturated heterocycles. The summed E-state index contributed by atoms with van der Waals surface area (Å²) in [6, 6.07) is 16.5. The van der Waals surface area contributed by atoms with Crippen LogP contribution in [-0.2, 0) is 13.1 Å². The lowest BCUT2D eigenvalue weighted by Crippen LogP contribution is -2.37. The van der Waals surface area contributed by atoms with E-state index in [9.17, 15) is 9.59 Å². The average molecular weight is 517 g/mol. The highest BCUT2D eigenvalue weighted by atomic mass is 16.5. The van der Waals surface area contributed by atoms with Gasteiger partial charge in [-0.15, -0.1) is 0 Å². The molecule has 0 atom stereocenters. The van der Waals surface area contributed by atoms with E-state index in [2.05, 4.69) is 58.4 Å². The fourth-order valence-corrected chi connectivity index (χ4v) is 4.20. The van der Waals surface area contributed by atoms with Gasteiger partial charge in [0.1, 0.15) is 5.52 Å². The van der Waals surface area contributed by atoms with E-state index in [0.717, 1.165) is 42.6 Å². The van der Waals surface area contributed by atoms with Crippen LogP contribution in [0.5, 0.6) is 6.01 Å². The van der Waals surface area contributed by atoms with Gasteiger partial charge in [0.25, 0.3) is 0 Å². The maximum Gasteiger partial charge on any atom is 0.320 e. The molecular weight excluding hydrogens is 480 g/mol. The van der Waals surface area contributed by atoms with E-state index < -0.39 is 11.1 Å². The van der Waals surface area contributed by atoms with Gasteiger partial charge in [-0.25, -0.2) is 0 Å². The van der Waals surface area contributed by atoms with Gasteiger partial charge in [0.05, 0.1) is 13.2 Å². The number of H-pyrrole nitrogens is 1. The number of fused-ring (bicyclic) bond motifs is 1. The van der Waals surface area contributed by atoms with E-state index in [1.165, 1.54) is 29.4 Å². The van der Waals surface area contributed by atoms with Gasteiger partial charge in [0.2, 0.25) is 0 Å². The minimum atomic E-state index is -0.774. The molecular formula is C29H36N6O3. The molecule has 0 aliphatic heterocycles. The van der Waals surface area contributed by atoms with Crippen molar-refractivity contribution in [2.45, 2.75) is 59.0 Å². The summed E-state index contributed by atoms with van der Waals surface area (Å²) in [5.74, 6) is 0.0577. The van der Waals surface area contributed by atoms with Crippen LogP contribution in [0.2, 0.25) is 0 Å². The van der Waals surface area contributed by atoms with Gasteiger partial charge >= 0.3 is 17.1 Å². The number of benzene rings is 2. The Morgan fingerprint density at radius 2 is 1.55 bits per heavy atom. The highest BCUT2D eigenvalue weighted by Gasteiger charge is 2.15. The summed E-state index contributed by atoms with van der Waals surface area (Å²) in [6.45, 7) is 6.76. The minimum Gasteiger partial charge on any atom is -0.463 e. The maximum atomic E-state index is 12.8. The summed E-state index contributed by atoms with van der Waals surface area (Å²) in [4.78, 5) is 36.1. The molecule has 4 aromatic rings. The molecule has 4 rings (SSSR count). The molecule has 2 heterocycles. The zero-order valence-electron chi connectivity index (χ0n) is 22.1. The molecule has 0 aliphatic rings. The lowest BCUT2D eigenvalue weighted by molar-refractivity contribution is 0.286. The molecule has 9 nitrogen and oxygen atoms in total. The molecule has 2 aromatic carbocycles. The van der Waals surface area contributed by atoms with Crippen molar-refractivity contribution in [2.75, 3.05) is 18.9 Å². The smallest absolute Gasteiger partial charge is 0.320 e.